The molecule has 1 aromatic heterocycles. The first-order valence-electron chi connectivity index (χ1n) is 6.41. The molecule has 4 heteroatoms. The maximum Gasteiger partial charge on any atom is 0.0941 e. The van der Waals surface area contributed by atoms with E-state index < -0.39 is 0 Å². The van der Waals surface area contributed by atoms with Gasteiger partial charge >= 0.3 is 0 Å². The highest BCUT2D eigenvalue weighted by Crippen LogP contribution is 2.14. The van der Waals surface area contributed by atoms with Crippen molar-refractivity contribution in [3.8, 4) is 0 Å². The second-order valence-corrected chi connectivity index (χ2v) is 5.99. The quantitative estimate of drug-likeness (QED) is 0.752. The lowest BCUT2D eigenvalue weighted by Crippen LogP contribution is -2.21. The second kappa shape index (κ2) is 7.04. The van der Waals surface area contributed by atoms with Crippen LogP contribution in [-0.4, -0.2) is 23.5 Å². The van der Waals surface area contributed by atoms with Crippen molar-refractivity contribution in [3.63, 3.8) is 0 Å². The number of alkyl halides is 1. The Morgan fingerprint density at radius 1 is 1.32 bits per heavy atom. The molecule has 2 nitrogen and oxygen atoms in total. The molecule has 0 fully saturated rings. The van der Waals surface area contributed by atoms with Gasteiger partial charge in [0.05, 0.1) is 16.6 Å². The van der Waals surface area contributed by atoms with Crippen LogP contribution < -0.4 is 0 Å². The van der Waals surface area contributed by atoms with E-state index in [-0.39, 0.29) is 0 Å². The third kappa shape index (κ3) is 4.30. The predicted molar refractivity (Wildman–Crippen MR) is 82.9 cm³/mol. The number of nitrogens with zero attached hydrogens (tertiary/aromatic N) is 2. The lowest BCUT2D eigenvalue weighted by Gasteiger charge is -2.17. The van der Waals surface area contributed by atoms with Gasteiger partial charge in [0.25, 0.3) is 0 Å². The summed E-state index contributed by atoms with van der Waals surface area (Å²) in [6.45, 7) is 4.17. The Hall–Kier alpha value is -0.900. The number of hydrogen-bond acceptors (Lipinski definition) is 3. The summed E-state index contributed by atoms with van der Waals surface area (Å²) in [4.78, 5) is 6.82. The van der Waals surface area contributed by atoms with E-state index in [9.17, 15) is 0 Å². The van der Waals surface area contributed by atoms with Crippen molar-refractivity contribution < 1.29 is 0 Å². The first-order chi connectivity index (χ1) is 9.19. The highest BCUT2D eigenvalue weighted by atomic mass is 35.5. The van der Waals surface area contributed by atoms with Gasteiger partial charge < -0.3 is 4.90 Å². The van der Waals surface area contributed by atoms with Crippen molar-refractivity contribution in [1.82, 2.24) is 9.88 Å². The Kier molecular flexibility index (Phi) is 5.37. The average Bonchev–Trinajstić information content (AvgIpc) is 2.87. The van der Waals surface area contributed by atoms with Crippen LogP contribution >= 0.6 is 22.9 Å². The summed E-state index contributed by atoms with van der Waals surface area (Å²) < 4.78 is 0. The SMILES string of the molecule is Cc1ccccc1CN(C)CCc1nc(CCl)cs1. The van der Waals surface area contributed by atoms with Crippen molar-refractivity contribution in [2.45, 2.75) is 25.8 Å². The molecule has 0 aliphatic heterocycles. The van der Waals surface area contributed by atoms with Gasteiger partial charge in [-0.2, -0.15) is 0 Å². The largest absolute Gasteiger partial charge is 0.302 e. The van der Waals surface area contributed by atoms with Crippen LogP contribution in [-0.2, 0) is 18.8 Å². The summed E-state index contributed by atoms with van der Waals surface area (Å²) in [6, 6.07) is 8.55. The summed E-state index contributed by atoms with van der Waals surface area (Å²) >= 11 is 7.46. The number of hydrogen-bond donors (Lipinski definition) is 0. The van der Waals surface area contributed by atoms with Crippen molar-refractivity contribution in [3.05, 3.63) is 51.5 Å². The minimum atomic E-state index is 0.509. The Bertz CT molecular complexity index is 524. The molecule has 1 heterocycles. The van der Waals surface area contributed by atoms with Gasteiger partial charge in [0, 0.05) is 24.9 Å². The van der Waals surface area contributed by atoms with Gasteiger partial charge in [0.1, 0.15) is 0 Å². The maximum absolute atomic E-state index is 5.76. The first kappa shape index (κ1) is 14.5. The third-order valence-electron chi connectivity index (χ3n) is 3.15. The van der Waals surface area contributed by atoms with Crippen LogP contribution in [0.25, 0.3) is 0 Å². The van der Waals surface area contributed by atoms with Crippen LogP contribution in [0.3, 0.4) is 0 Å². The smallest absolute Gasteiger partial charge is 0.0941 e. The number of thiazole rings is 1. The van der Waals surface area contributed by atoms with Gasteiger partial charge in [-0.25, -0.2) is 4.98 Å². The van der Waals surface area contributed by atoms with Crippen LogP contribution in [0, 0.1) is 6.92 Å². The van der Waals surface area contributed by atoms with Crippen molar-refractivity contribution in [2.75, 3.05) is 13.6 Å². The van der Waals surface area contributed by atoms with E-state index in [2.05, 4.69) is 48.1 Å². The molecule has 2 rings (SSSR count). The molecule has 2 aromatic rings. The zero-order valence-corrected chi connectivity index (χ0v) is 13.0. The van der Waals surface area contributed by atoms with E-state index in [4.69, 9.17) is 11.6 Å². The summed E-state index contributed by atoms with van der Waals surface area (Å²) in [6.07, 6.45) is 0.990. The van der Waals surface area contributed by atoms with E-state index >= 15 is 0 Å². The van der Waals surface area contributed by atoms with Crippen molar-refractivity contribution >= 4 is 22.9 Å². The van der Waals surface area contributed by atoms with Gasteiger partial charge in [-0.3, -0.25) is 0 Å². The average molecular weight is 295 g/mol. The molecule has 0 unspecified atom stereocenters. The number of halogens is 1. The molecular formula is C15H19ClN2S. The number of aryl methyl sites for hydroxylation is 1. The van der Waals surface area contributed by atoms with Crippen molar-refractivity contribution in [2.24, 2.45) is 0 Å². The highest BCUT2D eigenvalue weighted by Gasteiger charge is 2.05. The van der Waals surface area contributed by atoms with E-state index in [1.807, 2.05) is 5.38 Å². The van der Waals surface area contributed by atoms with Crippen LogP contribution in [0.2, 0.25) is 0 Å². The van der Waals surface area contributed by atoms with E-state index in [0.717, 1.165) is 25.2 Å². The van der Waals surface area contributed by atoms with E-state index in [0.29, 0.717) is 5.88 Å². The van der Waals surface area contributed by atoms with Gasteiger partial charge in [-0.1, -0.05) is 24.3 Å². The Labute approximate surface area is 124 Å². The Balaban J connectivity index is 1.84. The molecule has 0 N–H and O–H groups in total. The van der Waals surface area contributed by atoms with Gasteiger partial charge in [-0.05, 0) is 25.1 Å². The fourth-order valence-corrected chi connectivity index (χ4v) is 2.98. The van der Waals surface area contributed by atoms with E-state index in [1.54, 1.807) is 11.3 Å². The Morgan fingerprint density at radius 2 is 2.11 bits per heavy atom. The molecule has 0 aliphatic rings. The van der Waals surface area contributed by atoms with Crippen LogP contribution in [0.15, 0.2) is 29.6 Å². The molecule has 0 bridgehead atoms. The monoisotopic (exact) mass is 294 g/mol. The molecule has 1 aromatic carbocycles. The van der Waals surface area contributed by atoms with Gasteiger partial charge in [0.15, 0.2) is 0 Å². The fourth-order valence-electron chi connectivity index (χ4n) is 1.97. The summed E-state index contributed by atoms with van der Waals surface area (Å²) in [5.41, 5.74) is 3.74. The number of aromatic nitrogens is 1. The van der Waals surface area contributed by atoms with Gasteiger partial charge in [-0.15, -0.1) is 22.9 Å². The predicted octanol–water partition coefficient (Wildman–Crippen LogP) is 3.86. The van der Waals surface area contributed by atoms with Crippen molar-refractivity contribution in [1.29, 1.82) is 0 Å². The summed E-state index contributed by atoms with van der Waals surface area (Å²) in [7, 11) is 2.16. The molecule has 0 saturated carbocycles. The second-order valence-electron chi connectivity index (χ2n) is 4.78. The minimum absolute atomic E-state index is 0.509. The normalized spacial score (nSPS) is 11.2. The lowest BCUT2D eigenvalue weighted by molar-refractivity contribution is 0.330. The minimum Gasteiger partial charge on any atom is -0.302 e. The molecule has 19 heavy (non-hydrogen) atoms. The fraction of sp³-hybridized carbons (Fsp3) is 0.400. The molecular weight excluding hydrogens is 276 g/mol. The maximum atomic E-state index is 5.76. The van der Waals surface area contributed by atoms with Crippen LogP contribution in [0.5, 0.6) is 0 Å². The molecule has 0 aliphatic carbocycles. The topological polar surface area (TPSA) is 16.1 Å². The molecule has 0 atom stereocenters. The molecule has 0 saturated heterocycles. The zero-order valence-electron chi connectivity index (χ0n) is 11.4. The van der Waals surface area contributed by atoms with Crippen LogP contribution in [0.4, 0.5) is 0 Å². The van der Waals surface area contributed by atoms with E-state index in [1.165, 1.54) is 16.1 Å². The molecule has 102 valence electrons. The van der Waals surface area contributed by atoms with Crippen LogP contribution in [0.1, 0.15) is 21.8 Å². The number of rotatable bonds is 6. The molecule has 0 spiro atoms. The Morgan fingerprint density at radius 3 is 2.79 bits per heavy atom. The third-order valence-corrected chi connectivity index (χ3v) is 4.38. The first-order valence-corrected chi connectivity index (χ1v) is 7.82. The molecule has 0 amide bonds. The standard InChI is InChI=1S/C15H19ClN2S/c1-12-5-3-4-6-13(12)10-18(2)8-7-15-17-14(9-16)11-19-15/h3-6,11H,7-10H2,1-2H3. The lowest BCUT2D eigenvalue weighted by atomic mass is 10.1. The molecule has 0 radical (unpaired) electrons. The van der Waals surface area contributed by atoms with Gasteiger partial charge in [0.2, 0.25) is 0 Å². The number of benzene rings is 1. The summed E-state index contributed by atoms with van der Waals surface area (Å²) in [5, 5.41) is 3.22. The number of likely N-dealkylation sites (N-methyl/N-ethyl adjacent to an activating group) is 1. The highest BCUT2D eigenvalue weighted by molar-refractivity contribution is 7.09. The zero-order chi connectivity index (χ0) is 13.7. The summed E-state index contributed by atoms with van der Waals surface area (Å²) in [5.74, 6) is 0.509.